The van der Waals surface area contributed by atoms with E-state index in [1.54, 1.807) is 0 Å². The van der Waals surface area contributed by atoms with Crippen molar-refractivity contribution in [3.63, 3.8) is 0 Å². The van der Waals surface area contributed by atoms with Crippen molar-refractivity contribution in [1.82, 2.24) is 15.2 Å². The van der Waals surface area contributed by atoms with Gasteiger partial charge in [-0.3, -0.25) is 14.6 Å². The Morgan fingerprint density at radius 2 is 2.32 bits per heavy atom. The zero-order chi connectivity index (χ0) is 13.8. The van der Waals surface area contributed by atoms with Gasteiger partial charge in [-0.1, -0.05) is 0 Å². The number of aromatic hydroxyl groups is 1. The van der Waals surface area contributed by atoms with Gasteiger partial charge in [-0.15, -0.1) is 0 Å². The van der Waals surface area contributed by atoms with E-state index in [-0.39, 0.29) is 29.7 Å². The van der Waals surface area contributed by atoms with Gasteiger partial charge >= 0.3 is 0 Å². The van der Waals surface area contributed by atoms with Crippen LogP contribution in [0.15, 0.2) is 18.5 Å². The topological polar surface area (TPSA) is 91.8 Å². The Labute approximate surface area is 110 Å². The molecule has 7 heteroatoms. The lowest BCUT2D eigenvalue weighted by atomic mass is 10.1. The van der Waals surface area contributed by atoms with Crippen LogP contribution >= 0.6 is 0 Å². The number of likely N-dealkylation sites (N-methyl/N-ethyl adjacent to an activating group) is 1. The number of pyridine rings is 1. The predicted octanol–water partition coefficient (Wildman–Crippen LogP) is -0.626. The Morgan fingerprint density at radius 3 is 3.00 bits per heavy atom. The number of carbonyl (C=O) groups is 2. The number of amides is 2. The van der Waals surface area contributed by atoms with Crippen LogP contribution in [0.4, 0.5) is 0 Å². The van der Waals surface area contributed by atoms with Crippen LogP contribution in [-0.2, 0) is 9.53 Å². The molecule has 0 aliphatic carbocycles. The van der Waals surface area contributed by atoms with E-state index >= 15 is 0 Å². The van der Waals surface area contributed by atoms with Gasteiger partial charge in [-0.05, 0) is 6.07 Å². The van der Waals surface area contributed by atoms with Crippen molar-refractivity contribution in [1.29, 1.82) is 0 Å². The summed E-state index contributed by atoms with van der Waals surface area (Å²) >= 11 is 0. The summed E-state index contributed by atoms with van der Waals surface area (Å²) in [5.41, 5.74) is 0.246. The number of hydrogen-bond donors (Lipinski definition) is 2. The van der Waals surface area contributed by atoms with Crippen molar-refractivity contribution < 1.29 is 19.4 Å². The normalized spacial score (nSPS) is 19.0. The quantitative estimate of drug-likeness (QED) is 0.743. The second-order valence-corrected chi connectivity index (χ2v) is 4.14. The van der Waals surface area contributed by atoms with Gasteiger partial charge in [0.25, 0.3) is 5.91 Å². The van der Waals surface area contributed by atoms with Crippen molar-refractivity contribution >= 4 is 11.8 Å². The first-order valence-electron chi connectivity index (χ1n) is 5.88. The third-order valence-corrected chi connectivity index (χ3v) is 2.91. The summed E-state index contributed by atoms with van der Waals surface area (Å²) in [7, 11) is 1.51. The molecule has 1 aromatic heterocycles. The second kappa shape index (κ2) is 5.66. The zero-order valence-corrected chi connectivity index (χ0v) is 10.5. The number of morpholine rings is 1. The molecule has 1 aliphatic heterocycles. The number of nitrogens with one attached hydrogen (secondary N) is 1. The summed E-state index contributed by atoms with van der Waals surface area (Å²) in [6.07, 6.45) is 2.60. The average molecular weight is 265 g/mol. The van der Waals surface area contributed by atoms with E-state index in [0.29, 0.717) is 13.2 Å². The van der Waals surface area contributed by atoms with Crippen molar-refractivity contribution in [3.8, 4) is 5.75 Å². The molecule has 0 saturated carbocycles. The Morgan fingerprint density at radius 1 is 1.53 bits per heavy atom. The largest absolute Gasteiger partial charge is 0.506 e. The Kier molecular flexibility index (Phi) is 3.96. The van der Waals surface area contributed by atoms with Crippen LogP contribution in [0.1, 0.15) is 10.4 Å². The predicted molar refractivity (Wildman–Crippen MR) is 65.6 cm³/mol. The van der Waals surface area contributed by atoms with Crippen LogP contribution in [0.2, 0.25) is 0 Å². The molecule has 1 saturated heterocycles. The van der Waals surface area contributed by atoms with Crippen molar-refractivity contribution in [3.05, 3.63) is 24.0 Å². The minimum atomic E-state index is -0.659. The number of rotatable bonds is 2. The first-order chi connectivity index (χ1) is 9.13. The van der Waals surface area contributed by atoms with E-state index in [2.05, 4.69) is 10.3 Å². The third-order valence-electron chi connectivity index (χ3n) is 2.91. The molecule has 1 aromatic rings. The standard InChI is InChI=1S/C12H15N3O4/c1-13-11(17)10-7-19-3-2-15(10)12(18)8-4-9(16)6-14-5-8/h4-6,10,16H,2-3,7H2,1H3,(H,13,17). The fraction of sp³-hybridized carbons (Fsp3) is 0.417. The monoisotopic (exact) mass is 265 g/mol. The highest BCUT2D eigenvalue weighted by Gasteiger charge is 2.32. The van der Waals surface area contributed by atoms with Crippen LogP contribution in [0.5, 0.6) is 5.75 Å². The van der Waals surface area contributed by atoms with Crippen LogP contribution in [0.3, 0.4) is 0 Å². The minimum absolute atomic E-state index is 0.0874. The molecule has 0 aromatic carbocycles. The minimum Gasteiger partial charge on any atom is -0.506 e. The summed E-state index contributed by atoms with van der Waals surface area (Å²) in [6.45, 7) is 0.871. The van der Waals surface area contributed by atoms with Gasteiger partial charge in [0, 0.05) is 19.8 Å². The highest BCUT2D eigenvalue weighted by atomic mass is 16.5. The maximum absolute atomic E-state index is 12.3. The Hall–Kier alpha value is -2.15. The van der Waals surface area contributed by atoms with E-state index in [4.69, 9.17) is 4.74 Å². The van der Waals surface area contributed by atoms with Gasteiger partial charge in [-0.2, -0.15) is 0 Å². The summed E-state index contributed by atoms with van der Waals surface area (Å²) in [4.78, 5) is 29.2. The molecular formula is C12H15N3O4. The SMILES string of the molecule is CNC(=O)C1COCCN1C(=O)c1cncc(O)c1. The highest BCUT2D eigenvalue weighted by Crippen LogP contribution is 2.15. The molecule has 2 heterocycles. The lowest BCUT2D eigenvalue weighted by Crippen LogP contribution is -2.55. The fourth-order valence-corrected chi connectivity index (χ4v) is 1.94. The van der Waals surface area contributed by atoms with Gasteiger partial charge < -0.3 is 20.1 Å². The number of nitrogens with zero attached hydrogens (tertiary/aromatic N) is 2. The summed E-state index contributed by atoms with van der Waals surface area (Å²) < 4.78 is 5.23. The number of hydrogen-bond acceptors (Lipinski definition) is 5. The molecule has 1 atom stereocenters. The summed E-state index contributed by atoms with van der Waals surface area (Å²) in [5.74, 6) is -0.711. The second-order valence-electron chi connectivity index (χ2n) is 4.14. The number of aromatic nitrogens is 1. The van der Waals surface area contributed by atoms with E-state index in [1.807, 2.05) is 0 Å². The molecule has 1 fully saturated rings. The molecule has 19 heavy (non-hydrogen) atoms. The van der Waals surface area contributed by atoms with Crippen LogP contribution in [0, 0.1) is 0 Å². The maximum atomic E-state index is 12.3. The molecule has 0 spiro atoms. The Balaban J connectivity index is 2.22. The van der Waals surface area contributed by atoms with E-state index in [0.717, 1.165) is 0 Å². The lowest BCUT2D eigenvalue weighted by Gasteiger charge is -2.34. The van der Waals surface area contributed by atoms with Crippen molar-refractivity contribution in [2.75, 3.05) is 26.8 Å². The highest BCUT2D eigenvalue weighted by molar-refractivity contribution is 5.97. The first kappa shape index (κ1) is 13.3. The molecule has 1 unspecified atom stereocenters. The van der Waals surface area contributed by atoms with Gasteiger partial charge in [0.1, 0.15) is 11.8 Å². The van der Waals surface area contributed by atoms with Gasteiger partial charge in [-0.25, -0.2) is 0 Å². The maximum Gasteiger partial charge on any atom is 0.256 e. The molecule has 2 N–H and O–H groups in total. The summed E-state index contributed by atoms with van der Waals surface area (Å²) in [5, 5.41) is 11.8. The lowest BCUT2D eigenvalue weighted by molar-refractivity contribution is -0.130. The molecule has 2 rings (SSSR count). The van der Waals surface area contributed by atoms with Crippen LogP contribution in [0.25, 0.3) is 0 Å². The molecular weight excluding hydrogens is 250 g/mol. The van der Waals surface area contributed by atoms with Gasteiger partial charge in [0.05, 0.1) is 25.0 Å². The number of ether oxygens (including phenoxy) is 1. The van der Waals surface area contributed by atoms with Crippen molar-refractivity contribution in [2.24, 2.45) is 0 Å². The molecule has 1 aliphatic rings. The van der Waals surface area contributed by atoms with E-state index in [9.17, 15) is 14.7 Å². The summed E-state index contributed by atoms with van der Waals surface area (Å²) in [6, 6.07) is 0.666. The van der Waals surface area contributed by atoms with Crippen molar-refractivity contribution in [2.45, 2.75) is 6.04 Å². The fourth-order valence-electron chi connectivity index (χ4n) is 1.94. The average Bonchev–Trinajstić information content (AvgIpc) is 2.45. The zero-order valence-electron chi connectivity index (χ0n) is 10.5. The smallest absolute Gasteiger partial charge is 0.256 e. The van der Waals surface area contributed by atoms with Gasteiger partial charge in [0.2, 0.25) is 5.91 Å². The molecule has 102 valence electrons. The van der Waals surface area contributed by atoms with E-state index in [1.165, 1.54) is 30.4 Å². The molecule has 7 nitrogen and oxygen atoms in total. The molecule has 0 bridgehead atoms. The Bertz CT molecular complexity index is 492. The molecule has 2 amide bonds. The first-order valence-corrected chi connectivity index (χ1v) is 5.88. The number of carbonyl (C=O) groups excluding carboxylic acids is 2. The van der Waals surface area contributed by atoms with Crippen LogP contribution in [-0.4, -0.2) is 59.7 Å². The molecule has 0 radical (unpaired) electrons. The van der Waals surface area contributed by atoms with Gasteiger partial charge in [0.15, 0.2) is 0 Å². The third kappa shape index (κ3) is 2.82. The van der Waals surface area contributed by atoms with Crippen LogP contribution < -0.4 is 5.32 Å². The van der Waals surface area contributed by atoms with E-state index < -0.39 is 6.04 Å².